The Hall–Kier alpha value is -6.92. The highest BCUT2D eigenvalue weighted by Crippen LogP contribution is 2.49. The van der Waals surface area contributed by atoms with Crippen molar-refractivity contribution in [1.82, 2.24) is 29.9 Å². The fourth-order valence-corrected chi connectivity index (χ4v) is 7.70. The van der Waals surface area contributed by atoms with E-state index in [1.54, 1.807) is 12.4 Å². The quantitative estimate of drug-likeness (QED) is 0.168. The second-order valence-corrected chi connectivity index (χ2v) is 14.0. The van der Waals surface area contributed by atoms with Crippen molar-refractivity contribution in [2.45, 2.75) is 19.3 Å². The standard InChI is InChI=1S/C47H32N6/c1-47(2)37-15-7-6-14-33(37)34-22-21-31(27-38(34)47)41-28-42(39-16-8-10-24-48-39)51-46(50-41)32-19-18-29-20-23-35-43(36(29)26-32)52-45(30-12-4-3-5-13-30)53-44(35)40-17-9-11-25-49-40/h3-28H,1-2H3. The first-order chi connectivity index (χ1) is 26.0. The van der Waals surface area contributed by atoms with Crippen LogP contribution in [0, 0.1) is 0 Å². The Morgan fingerprint density at radius 2 is 1.09 bits per heavy atom. The number of hydrogen-bond donors (Lipinski definition) is 0. The van der Waals surface area contributed by atoms with E-state index in [0.29, 0.717) is 11.6 Å². The summed E-state index contributed by atoms with van der Waals surface area (Å²) in [5.41, 5.74) is 12.8. The highest BCUT2D eigenvalue weighted by molar-refractivity contribution is 6.10. The largest absolute Gasteiger partial charge is 0.255 e. The van der Waals surface area contributed by atoms with Crippen molar-refractivity contribution < 1.29 is 0 Å². The molecule has 6 heteroatoms. The van der Waals surface area contributed by atoms with Crippen molar-refractivity contribution in [2.24, 2.45) is 0 Å². The predicted molar refractivity (Wildman–Crippen MR) is 213 cm³/mol. The van der Waals surface area contributed by atoms with Gasteiger partial charge in [0.2, 0.25) is 0 Å². The van der Waals surface area contributed by atoms with E-state index >= 15 is 0 Å². The molecule has 0 saturated heterocycles. The van der Waals surface area contributed by atoms with Gasteiger partial charge in [0.05, 0.1) is 28.3 Å². The molecule has 0 amide bonds. The molecule has 0 fully saturated rings. The summed E-state index contributed by atoms with van der Waals surface area (Å²) >= 11 is 0. The summed E-state index contributed by atoms with van der Waals surface area (Å²) in [6, 6.07) is 50.0. The molecule has 0 atom stereocenters. The van der Waals surface area contributed by atoms with Crippen LogP contribution in [0.3, 0.4) is 0 Å². The molecular weight excluding hydrogens is 649 g/mol. The topological polar surface area (TPSA) is 77.3 Å². The van der Waals surface area contributed by atoms with E-state index in [2.05, 4.69) is 103 Å². The molecule has 0 unspecified atom stereocenters. The van der Waals surface area contributed by atoms with E-state index in [1.165, 1.54) is 22.3 Å². The van der Waals surface area contributed by atoms with Crippen LogP contribution >= 0.6 is 0 Å². The molecule has 0 radical (unpaired) electrons. The normalized spacial score (nSPS) is 12.9. The van der Waals surface area contributed by atoms with E-state index < -0.39 is 0 Å². The minimum Gasteiger partial charge on any atom is -0.255 e. The van der Waals surface area contributed by atoms with Gasteiger partial charge in [0.1, 0.15) is 5.69 Å². The molecule has 250 valence electrons. The third-order valence-electron chi connectivity index (χ3n) is 10.4. The first-order valence-electron chi connectivity index (χ1n) is 17.8. The number of fused-ring (bicyclic) bond motifs is 6. The van der Waals surface area contributed by atoms with Crippen molar-refractivity contribution in [3.05, 3.63) is 169 Å². The number of nitrogens with zero attached hydrogens (tertiary/aromatic N) is 6. The van der Waals surface area contributed by atoms with Gasteiger partial charge in [-0.25, -0.2) is 19.9 Å². The Balaban J connectivity index is 1.18. The third-order valence-corrected chi connectivity index (χ3v) is 10.4. The van der Waals surface area contributed by atoms with E-state index in [0.717, 1.165) is 66.8 Å². The molecule has 4 heterocycles. The molecule has 6 nitrogen and oxygen atoms in total. The molecule has 9 aromatic rings. The maximum absolute atomic E-state index is 5.26. The summed E-state index contributed by atoms with van der Waals surface area (Å²) in [6.45, 7) is 4.61. The van der Waals surface area contributed by atoms with Crippen LogP contribution < -0.4 is 0 Å². The molecule has 1 aliphatic rings. The van der Waals surface area contributed by atoms with Gasteiger partial charge in [-0.2, -0.15) is 0 Å². The molecule has 0 bridgehead atoms. The second-order valence-electron chi connectivity index (χ2n) is 14.0. The molecular formula is C47H32N6. The number of aromatic nitrogens is 6. The van der Waals surface area contributed by atoms with Gasteiger partial charge in [0.15, 0.2) is 11.6 Å². The van der Waals surface area contributed by atoms with Crippen LogP contribution in [-0.4, -0.2) is 29.9 Å². The highest BCUT2D eigenvalue weighted by Gasteiger charge is 2.35. The smallest absolute Gasteiger partial charge is 0.160 e. The lowest BCUT2D eigenvalue weighted by molar-refractivity contribution is 0.660. The minimum absolute atomic E-state index is 0.129. The first kappa shape index (κ1) is 30.9. The monoisotopic (exact) mass is 680 g/mol. The van der Waals surface area contributed by atoms with Gasteiger partial charge in [-0.05, 0) is 76.2 Å². The molecule has 0 saturated carbocycles. The van der Waals surface area contributed by atoms with Crippen molar-refractivity contribution in [1.29, 1.82) is 0 Å². The first-order valence-corrected chi connectivity index (χ1v) is 17.8. The van der Waals surface area contributed by atoms with E-state index in [-0.39, 0.29) is 5.41 Å². The Kier molecular flexibility index (Phi) is 7.05. The van der Waals surface area contributed by atoms with Gasteiger partial charge in [0.25, 0.3) is 0 Å². The Morgan fingerprint density at radius 1 is 0.415 bits per heavy atom. The van der Waals surface area contributed by atoms with Crippen LogP contribution in [0.1, 0.15) is 25.0 Å². The van der Waals surface area contributed by atoms with Gasteiger partial charge < -0.3 is 0 Å². The van der Waals surface area contributed by atoms with Crippen LogP contribution in [0.2, 0.25) is 0 Å². The Bertz CT molecular complexity index is 2850. The fraction of sp³-hybridized carbons (Fsp3) is 0.0638. The van der Waals surface area contributed by atoms with E-state index in [9.17, 15) is 0 Å². The van der Waals surface area contributed by atoms with E-state index in [4.69, 9.17) is 19.9 Å². The molecule has 0 aliphatic heterocycles. The lowest BCUT2D eigenvalue weighted by atomic mass is 9.82. The lowest BCUT2D eigenvalue weighted by Crippen LogP contribution is -2.14. The van der Waals surface area contributed by atoms with Crippen LogP contribution in [-0.2, 0) is 5.41 Å². The molecule has 1 aliphatic carbocycles. The van der Waals surface area contributed by atoms with Crippen LogP contribution in [0.15, 0.2) is 158 Å². The summed E-state index contributed by atoms with van der Waals surface area (Å²) in [7, 11) is 0. The average molecular weight is 681 g/mol. The molecule has 53 heavy (non-hydrogen) atoms. The van der Waals surface area contributed by atoms with Crippen LogP contribution in [0.4, 0.5) is 0 Å². The predicted octanol–water partition coefficient (Wildman–Crippen LogP) is 11.0. The summed E-state index contributed by atoms with van der Waals surface area (Å²) in [6.07, 6.45) is 3.60. The SMILES string of the molecule is CC1(C)c2ccccc2-c2ccc(-c3cc(-c4ccccn4)nc(-c4ccc5ccc6c(-c7ccccn7)nc(-c7ccccc7)nc6c5c4)n3)cc21. The third kappa shape index (κ3) is 5.18. The van der Waals surface area contributed by atoms with Crippen LogP contribution in [0.25, 0.3) is 89.6 Å². The average Bonchev–Trinajstić information content (AvgIpc) is 3.46. The zero-order chi connectivity index (χ0) is 35.5. The molecule has 0 spiro atoms. The van der Waals surface area contributed by atoms with Crippen molar-refractivity contribution >= 4 is 21.7 Å². The zero-order valence-electron chi connectivity index (χ0n) is 29.2. The van der Waals surface area contributed by atoms with Gasteiger partial charge in [0, 0.05) is 45.3 Å². The zero-order valence-corrected chi connectivity index (χ0v) is 29.2. The molecule has 5 aromatic carbocycles. The van der Waals surface area contributed by atoms with E-state index in [1.807, 2.05) is 66.7 Å². The van der Waals surface area contributed by atoms with Gasteiger partial charge in [-0.3, -0.25) is 9.97 Å². The van der Waals surface area contributed by atoms with Gasteiger partial charge >= 0.3 is 0 Å². The summed E-state index contributed by atoms with van der Waals surface area (Å²) in [4.78, 5) is 30.0. The summed E-state index contributed by atoms with van der Waals surface area (Å²) in [5.74, 6) is 1.27. The fourth-order valence-electron chi connectivity index (χ4n) is 7.70. The van der Waals surface area contributed by atoms with Gasteiger partial charge in [-0.1, -0.05) is 111 Å². The number of rotatable bonds is 5. The minimum atomic E-state index is -0.129. The number of hydrogen-bond acceptors (Lipinski definition) is 6. The lowest BCUT2D eigenvalue weighted by Gasteiger charge is -2.22. The summed E-state index contributed by atoms with van der Waals surface area (Å²) < 4.78 is 0. The second kappa shape index (κ2) is 12.1. The van der Waals surface area contributed by atoms with Crippen molar-refractivity contribution in [3.63, 3.8) is 0 Å². The van der Waals surface area contributed by atoms with Gasteiger partial charge in [-0.15, -0.1) is 0 Å². The Morgan fingerprint density at radius 3 is 1.91 bits per heavy atom. The molecule has 10 rings (SSSR count). The summed E-state index contributed by atoms with van der Waals surface area (Å²) in [5, 5.41) is 2.98. The molecule has 4 aromatic heterocycles. The van der Waals surface area contributed by atoms with Crippen molar-refractivity contribution in [3.8, 4) is 67.9 Å². The Labute approximate surface area is 307 Å². The maximum atomic E-state index is 5.26. The van der Waals surface area contributed by atoms with Crippen molar-refractivity contribution in [2.75, 3.05) is 0 Å². The maximum Gasteiger partial charge on any atom is 0.160 e. The van der Waals surface area contributed by atoms with Crippen LogP contribution in [0.5, 0.6) is 0 Å². The number of pyridine rings is 2. The number of benzene rings is 5. The molecule has 0 N–H and O–H groups in total. The highest BCUT2D eigenvalue weighted by atomic mass is 14.9.